The summed E-state index contributed by atoms with van der Waals surface area (Å²) >= 11 is 0. The van der Waals surface area contributed by atoms with Crippen molar-refractivity contribution in [1.82, 2.24) is 30.4 Å². The van der Waals surface area contributed by atoms with Gasteiger partial charge < -0.3 is 14.6 Å². The molecular weight excluding hydrogens is 336 g/mol. The number of nitrogens with zero attached hydrogens (tertiary/aromatic N) is 5. The molecule has 0 aromatic carbocycles. The van der Waals surface area contributed by atoms with Gasteiger partial charge >= 0.3 is 0 Å². The van der Waals surface area contributed by atoms with Crippen LogP contribution in [-0.2, 0) is 16.0 Å². The van der Waals surface area contributed by atoms with Crippen LogP contribution in [0.4, 0.5) is 0 Å². The fraction of sp³-hybridized carbons (Fsp3) is 0.529. The summed E-state index contributed by atoms with van der Waals surface area (Å²) in [6.45, 7) is 2.91. The molecule has 1 N–H and O–H groups in total. The number of aryl methyl sites for hydroxylation is 1. The Balaban J connectivity index is 1.49. The number of aromatic nitrogens is 4. The van der Waals surface area contributed by atoms with E-state index >= 15 is 0 Å². The summed E-state index contributed by atoms with van der Waals surface area (Å²) in [5, 5.41) is 10.6. The van der Waals surface area contributed by atoms with Crippen LogP contribution >= 0.6 is 0 Å². The molecule has 0 saturated carbocycles. The van der Waals surface area contributed by atoms with Crippen LogP contribution in [-0.4, -0.2) is 56.5 Å². The summed E-state index contributed by atoms with van der Waals surface area (Å²) in [4.78, 5) is 33.0. The van der Waals surface area contributed by atoms with Crippen molar-refractivity contribution in [2.75, 3.05) is 19.6 Å². The Morgan fingerprint density at radius 1 is 1.35 bits per heavy atom. The first-order valence-corrected chi connectivity index (χ1v) is 8.73. The maximum atomic E-state index is 12.1. The summed E-state index contributed by atoms with van der Waals surface area (Å²) in [5.74, 6) is 1.09. The minimum absolute atomic E-state index is 0.0346. The lowest BCUT2D eigenvalue weighted by atomic mass is 9.93. The number of amides is 2. The smallest absolute Gasteiger partial charge is 0.267 e. The first kappa shape index (κ1) is 18.0. The number of hydrogen-bond donors (Lipinski definition) is 1. The Bertz CT molecular complexity index is 748. The third-order valence-electron chi connectivity index (χ3n) is 4.38. The van der Waals surface area contributed by atoms with E-state index in [4.69, 9.17) is 4.42 Å². The molecule has 26 heavy (non-hydrogen) atoms. The standard InChI is InChI=1S/C17H22N6O3/c1-12(24)20-10-16(25)23-8-2-3-13(11-23)4-5-15-21-22-17(26-15)14-9-18-6-7-19-14/h6-7,9,13H,2-5,8,10-11H2,1H3,(H,20,24). The summed E-state index contributed by atoms with van der Waals surface area (Å²) < 4.78 is 5.65. The van der Waals surface area contributed by atoms with Gasteiger partial charge in [0.15, 0.2) is 0 Å². The van der Waals surface area contributed by atoms with Crippen LogP contribution < -0.4 is 5.32 Å². The zero-order valence-corrected chi connectivity index (χ0v) is 14.7. The molecule has 9 nitrogen and oxygen atoms in total. The predicted molar refractivity (Wildman–Crippen MR) is 91.6 cm³/mol. The lowest BCUT2D eigenvalue weighted by Gasteiger charge is -2.32. The highest BCUT2D eigenvalue weighted by Crippen LogP contribution is 2.22. The van der Waals surface area contributed by atoms with Gasteiger partial charge in [-0.3, -0.25) is 14.6 Å². The zero-order valence-electron chi connectivity index (χ0n) is 14.7. The second-order valence-electron chi connectivity index (χ2n) is 6.39. The quantitative estimate of drug-likeness (QED) is 0.813. The fourth-order valence-corrected chi connectivity index (χ4v) is 3.03. The SMILES string of the molecule is CC(=O)NCC(=O)N1CCCC(CCc2nnc(-c3cnccn3)o2)C1. The van der Waals surface area contributed by atoms with E-state index in [1.165, 1.54) is 6.92 Å². The number of likely N-dealkylation sites (tertiary alicyclic amines) is 1. The van der Waals surface area contributed by atoms with Crippen molar-refractivity contribution >= 4 is 11.8 Å². The van der Waals surface area contributed by atoms with Crippen molar-refractivity contribution < 1.29 is 14.0 Å². The van der Waals surface area contributed by atoms with E-state index in [0.717, 1.165) is 25.8 Å². The highest BCUT2D eigenvalue weighted by Gasteiger charge is 2.24. The zero-order chi connectivity index (χ0) is 18.4. The number of nitrogens with one attached hydrogen (secondary N) is 1. The molecule has 0 radical (unpaired) electrons. The summed E-state index contributed by atoms with van der Waals surface area (Å²) in [6, 6.07) is 0. The number of piperidine rings is 1. The van der Waals surface area contributed by atoms with Gasteiger partial charge in [-0.2, -0.15) is 0 Å². The molecule has 3 heterocycles. The van der Waals surface area contributed by atoms with Gasteiger partial charge in [-0.05, 0) is 25.2 Å². The summed E-state index contributed by atoms with van der Waals surface area (Å²) in [5.41, 5.74) is 0.554. The van der Waals surface area contributed by atoms with Crippen LogP contribution in [0.1, 0.15) is 32.1 Å². The number of carbonyl (C=O) groups excluding carboxylic acids is 2. The summed E-state index contributed by atoms with van der Waals surface area (Å²) in [7, 11) is 0. The molecule has 2 aromatic heterocycles. The molecule has 0 spiro atoms. The van der Waals surface area contributed by atoms with Crippen LogP contribution in [0.15, 0.2) is 23.0 Å². The molecule has 3 rings (SSSR count). The van der Waals surface area contributed by atoms with Gasteiger partial charge in [0.05, 0.1) is 12.7 Å². The van der Waals surface area contributed by atoms with E-state index in [1.807, 2.05) is 4.90 Å². The average Bonchev–Trinajstić information content (AvgIpc) is 3.14. The normalized spacial score (nSPS) is 17.1. The molecule has 2 amide bonds. The minimum Gasteiger partial charge on any atom is -0.419 e. The monoisotopic (exact) mass is 358 g/mol. The molecule has 9 heteroatoms. The van der Waals surface area contributed by atoms with Crippen molar-refractivity contribution in [3.63, 3.8) is 0 Å². The first-order chi connectivity index (χ1) is 12.6. The molecule has 138 valence electrons. The molecule has 0 aliphatic carbocycles. The predicted octanol–water partition coefficient (Wildman–Crippen LogP) is 0.834. The molecule has 1 aliphatic heterocycles. The Labute approximate surface area is 151 Å². The molecule has 1 atom stereocenters. The molecule has 1 unspecified atom stereocenters. The first-order valence-electron chi connectivity index (χ1n) is 8.73. The number of rotatable bonds is 6. The molecule has 0 bridgehead atoms. The maximum absolute atomic E-state index is 12.1. The van der Waals surface area contributed by atoms with Crippen molar-refractivity contribution in [1.29, 1.82) is 0 Å². The van der Waals surface area contributed by atoms with E-state index in [9.17, 15) is 9.59 Å². The van der Waals surface area contributed by atoms with Gasteiger partial charge in [-0.15, -0.1) is 10.2 Å². The lowest BCUT2D eigenvalue weighted by Crippen LogP contribution is -2.44. The second-order valence-corrected chi connectivity index (χ2v) is 6.39. The number of carbonyl (C=O) groups is 2. The second kappa shape index (κ2) is 8.50. The Morgan fingerprint density at radius 2 is 2.23 bits per heavy atom. The van der Waals surface area contributed by atoms with Gasteiger partial charge in [0, 0.05) is 38.8 Å². The van der Waals surface area contributed by atoms with Crippen LogP contribution in [0.2, 0.25) is 0 Å². The van der Waals surface area contributed by atoms with E-state index in [2.05, 4.69) is 25.5 Å². The fourth-order valence-electron chi connectivity index (χ4n) is 3.03. The van der Waals surface area contributed by atoms with Crippen LogP contribution in [0.25, 0.3) is 11.6 Å². The molecule has 1 saturated heterocycles. The molecule has 1 aliphatic rings. The largest absolute Gasteiger partial charge is 0.419 e. The van der Waals surface area contributed by atoms with E-state index < -0.39 is 0 Å². The van der Waals surface area contributed by atoms with Crippen molar-refractivity contribution in [3.8, 4) is 11.6 Å². The minimum atomic E-state index is -0.192. The van der Waals surface area contributed by atoms with Gasteiger partial charge in [0.25, 0.3) is 5.89 Å². The van der Waals surface area contributed by atoms with E-state index in [1.54, 1.807) is 18.6 Å². The van der Waals surface area contributed by atoms with Crippen molar-refractivity contribution in [3.05, 3.63) is 24.5 Å². The molecule has 1 fully saturated rings. The lowest BCUT2D eigenvalue weighted by molar-refractivity contribution is -0.134. The third-order valence-corrected chi connectivity index (χ3v) is 4.38. The van der Waals surface area contributed by atoms with Gasteiger partial charge in [0.2, 0.25) is 17.7 Å². The summed E-state index contributed by atoms with van der Waals surface area (Å²) in [6.07, 6.45) is 8.30. The molecule has 2 aromatic rings. The Morgan fingerprint density at radius 3 is 3.00 bits per heavy atom. The molecular formula is C17H22N6O3. The van der Waals surface area contributed by atoms with Crippen molar-refractivity contribution in [2.45, 2.75) is 32.6 Å². The van der Waals surface area contributed by atoms with Gasteiger partial charge in [0.1, 0.15) is 5.69 Å². The Kier molecular flexibility index (Phi) is 5.88. The van der Waals surface area contributed by atoms with E-state index in [0.29, 0.717) is 36.4 Å². The maximum Gasteiger partial charge on any atom is 0.267 e. The third kappa shape index (κ3) is 4.84. The highest BCUT2D eigenvalue weighted by atomic mass is 16.4. The van der Waals surface area contributed by atoms with E-state index in [-0.39, 0.29) is 18.4 Å². The van der Waals surface area contributed by atoms with Crippen molar-refractivity contribution in [2.24, 2.45) is 5.92 Å². The topological polar surface area (TPSA) is 114 Å². The average molecular weight is 358 g/mol. The van der Waals surface area contributed by atoms with Crippen LogP contribution in [0.5, 0.6) is 0 Å². The number of hydrogen-bond acceptors (Lipinski definition) is 7. The van der Waals surface area contributed by atoms with Gasteiger partial charge in [-0.1, -0.05) is 0 Å². The van der Waals surface area contributed by atoms with Crippen LogP contribution in [0.3, 0.4) is 0 Å². The Hall–Kier alpha value is -2.84. The van der Waals surface area contributed by atoms with Crippen LogP contribution in [0, 0.1) is 5.92 Å². The highest BCUT2D eigenvalue weighted by molar-refractivity contribution is 5.83. The van der Waals surface area contributed by atoms with Gasteiger partial charge in [-0.25, -0.2) is 4.98 Å².